The second kappa shape index (κ2) is 9.05. The van der Waals surface area contributed by atoms with Gasteiger partial charge in [-0.2, -0.15) is 0 Å². The fourth-order valence-corrected chi connectivity index (χ4v) is 1.30. The van der Waals surface area contributed by atoms with E-state index >= 15 is 0 Å². The lowest BCUT2D eigenvalue weighted by Crippen LogP contribution is -2.20. The maximum Gasteiger partial charge on any atom is -0.00218 e. The number of hydrogen-bond donors (Lipinski definition) is 0. The Balaban J connectivity index is 3.04. The maximum absolute atomic E-state index is 3.84. The third kappa shape index (κ3) is 8.06. The predicted molar refractivity (Wildman–Crippen MR) is 56.2 cm³/mol. The third-order valence-electron chi connectivity index (χ3n) is 2.18. The minimum Gasteiger partial charge on any atom is -0.306 e. The Kier molecular flexibility index (Phi) is 9.02. The first-order chi connectivity index (χ1) is 5.81. The van der Waals surface area contributed by atoms with Gasteiger partial charge >= 0.3 is 0 Å². The van der Waals surface area contributed by atoms with Gasteiger partial charge in [0, 0.05) is 0 Å². The Morgan fingerprint density at radius 1 is 1.00 bits per heavy atom. The lowest BCUT2D eigenvalue weighted by atomic mass is 10.2. The summed E-state index contributed by atoms with van der Waals surface area (Å²) in [5.74, 6) is 0. The molecule has 0 saturated carbocycles. The second-order valence-corrected chi connectivity index (χ2v) is 3.57. The molecule has 0 aliphatic carbocycles. The van der Waals surface area contributed by atoms with Crippen molar-refractivity contribution in [2.45, 2.75) is 45.4 Å². The summed E-state index contributed by atoms with van der Waals surface area (Å²) < 4.78 is 0. The molecular weight excluding hydrogens is 146 g/mol. The fourth-order valence-electron chi connectivity index (χ4n) is 1.30. The zero-order valence-electron chi connectivity index (χ0n) is 8.81. The van der Waals surface area contributed by atoms with E-state index in [-0.39, 0.29) is 0 Å². The SMILES string of the molecule is [CH2]CCCCN(C)CCCCC. The van der Waals surface area contributed by atoms with E-state index in [2.05, 4.69) is 25.8 Å². The topological polar surface area (TPSA) is 3.24 Å². The first-order valence-corrected chi connectivity index (χ1v) is 5.29. The van der Waals surface area contributed by atoms with E-state index in [0.717, 1.165) is 6.42 Å². The van der Waals surface area contributed by atoms with Crippen molar-refractivity contribution in [3.05, 3.63) is 6.92 Å². The van der Waals surface area contributed by atoms with Crippen LogP contribution in [0, 0.1) is 6.92 Å². The minimum atomic E-state index is 1.09. The van der Waals surface area contributed by atoms with Gasteiger partial charge in [-0.25, -0.2) is 0 Å². The van der Waals surface area contributed by atoms with Crippen LogP contribution in [-0.2, 0) is 0 Å². The highest BCUT2D eigenvalue weighted by Crippen LogP contribution is 1.99. The quantitative estimate of drug-likeness (QED) is 0.506. The van der Waals surface area contributed by atoms with Crippen molar-refractivity contribution in [3.8, 4) is 0 Å². The van der Waals surface area contributed by atoms with Crippen LogP contribution in [0.15, 0.2) is 0 Å². The van der Waals surface area contributed by atoms with Gasteiger partial charge in [0.25, 0.3) is 0 Å². The molecule has 0 aromatic carbocycles. The van der Waals surface area contributed by atoms with Crippen LogP contribution in [0.3, 0.4) is 0 Å². The van der Waals surface area contributed by atoms with Gasteiger partial charge in [0.1, 0.15) is 0 Å². The van der Waals surface area contributed by atoms with E-state index in [9.17, 15) is 0 Å². The molecule has 12 heavy (non-hydrogen) atoms. The van der Waals surface area contributed by atoms with Gasteiger partial charge in [-0.1, -0.05) is 39.5 Å². The Morgan fingerprint density at radius 3 is 2.08 bits per heavy atom. The highest BCUT2D eigenvalue weighted by molar-refractivity contribution is 4.52. The minimum absolute atomic E-state index is 1.09. The van der Waals surface area contributed by atoms with E-state index in [0.29, 0.717) is 0 Å². The van der Waals surface area contributed by atoms with E-state index in [1.165, 1.54) is 45.2 Å². The largest absolute Gasteiger partial charge is 0.306 e. The smallest absolute Gasteiger partial charge is 0.00218 e. The van der Waals surface area contributed by atoms with Gasteiger partial charge in [0.2, 0.25) is 0 Å². The molecule has 1 heteroatoms. The first kappa shape index (κ1) is 12.0. The summed E-state index contributed by atoms with van der Waals surface area (Å²) in [4.78, 5) is 2.44. The lowest BCUT2D eigenvalue weighted by molar-refractivity contribution is 0.318. The molecule has 0 bridgehead atoms. The summed E-state index contributed by atoms with van der Waals surface area (Å²) in [6, 6.07) is 0. The highest BCUT2D eigenvalue weighted by atomic mass is 15.1. The summed E-state index contributed by atoms with van der Waals surface area (Å²) in [6.45, 7) is 8.61. The van der Waals surface area contributed by atoms with Crippen molar-refractivity contribution < 1.29 is 0 Å². The molecule has 0 atom stereocenters. The average molecular weight is 170 g/mol. The van der Waals surface area contributed by atoms with Crippen molar-refractivity contribution >= 4 is 0 Å². The molecule has 0 heterocycles. The molecule has 0 saturated heterocycles. The Bertz CT molecular complexity index is 71.1. The maximum atomic E-state index is 3.84. The summed E-state index contributed by atoms with van der Waals surface area (Å²) in [7, 11) is 2.22. The third-order valence-corrected chi connectivity index (χ3v) is 2.18. The first-order valence-electron chi connectivity index (χ1n) is 5.29. The van der Waals surface area contributed by atoms with Gasteiger partial charge in [-0.3, -0.25) is 0 Å². The molecule has 1 nitrogen and oxygen atoms in total. The molecule has 0 rings (SSSR count). The number of unbranched alkanes of at least 4 members (excludes halogenated alkanes) is 4. The van der Waals surface area contributed by atoms with Crippen molar-refractivity contribution in [2.24, 2.45) is 0 Å². The Hall–Kier alpha value is -0.0400. The van der Waals surface area contributed by atoms with Gasteiger partial charge in [-0.15, -0.1) is 0 Å². The molecule has 0 fully saturated rings. The summed E-state index contributed by atoms with van der Waals surface area (Å²) in [6.07, 6.45) is 7.73. The predicted octanol–water partition coefficient (Wildman–Crippen LogP) is 3.11. The van der Waals surface area contributed by atoms with Crippen molar-refractivity contribution in [2.75, 3.05) is 20.1 Å². The van der Waals surface area contributed by atoms with Crippen molar-refractivity contribution in [1.82, 2.24) is 4.90 Å². The molecule has 0 aliphatic heterocycles. The van der Waals surface area contributed by atoms with Crippen molar-refractivity contribution in [3.63, 3.8) is 0 Å². The van der Waals surface area contributed by atoms with Crippen LogP contribution in [0.25, 0.3) is 0 Å². The molecule has 73 valence electrons. The van der Waals surface area contributed by atoms with Crippen LogP contribution >= 0.6 is 0 Å². The van der Waals surface area contributed by atoms with E-state index in [1.807, 2.05) is 0 Å². The molecule has 0 aliphatic rings. The van der Waals surface area contributed by atoms with Crippen LogP contribution in [0.1, 0.15) is 45.4 Å². The highest BCUT2D eigenvalue weighted by Gasteiger charge is 1.96. The van der Waals surface area contributed by atoms with E-state index in [4.69, 9.17) is 0 Å². The molecular formula is C11H24N. The fraction of sp³-hybridized carbons (Fsp3) is 0.909. The summed E-state index contributed by atoms with van der Waals surface area (Å²) >= 11 is 0. The van der Waals surface area contributed by atoms with Crippen LogP contribution in [0.5, 0.6) is 0 Å². The number of hydrogen-bond acceptors (Lipinski definition) is 1. The molecule has 0 spiro atoms. The van der Waals surface area contributed by atoms with Gasteiger partial charge in [0.15, 0.2) is 0 Å². The van der Waals surface area contributed by atoms with Crippen LogP contribution in [0.4, 0.5) is 0 Å². The van der Waals surface area contributed by atoms with Crippen LogP contribution in [-0.4, -0.2) is 25.0 Å². The van der Waals surface area contributed by atoms with Crippen LogP contribution in [0.2, 0.25) is 0 Å². The zero-order chi connectivity index (χ0) is 9.23. The number of rotatable bonds is 8. The van der Waals surface area contributed by atoms with Gasteiger partial charge in [0.05, 0.1) is 0 Å². The van der Waals surface area contributed by atoms with Gasteiger partial charge in [-0.05, 0) is 33.0 Å². The molecule has 0 aromatic rings. The average Bonchev–Trinajstić information content (AvgIpc) is 2.06. The zero-order valence-corrected chi connectivity index (χ0v) is 8.81. The van der Waals surface area contributed by atoms with Crippen LogP contribution < -0.4 is 0 Å². The second-order valence-electron chi connectivity index (χ2n) is 3.57. The molecule has 0 N–H and O–H groups in total. The van der Waals surface area contributed by atoms with Crippen molar-refractivity contribution in [1.29, 1.82) is 0 Å². The Labute approximate surface area is 78.1 Å². The van der Waals surface area contributed by atoms with E-state index < -0.39 is 0 Å². The lowest BCUT2D eigenvalue weighted by Gasteiger charge is -2.15. The monoisotopic (exact) mass is 170 g/mol. The standard InChI is InChI=1S/C11H24N/c1-4-6-8-10-12(3)11-9-7-5-2/h1,4-11H2,2-3H3. The molecule has 0 amide bonds. The summed E-state index contributed by atoms with van der Waals surface area (Å²) in [5.41, 5.74) is 0. The number of nitrogens with zero attached hydrogens (tertiary/aromatic N) is 1. The molecule has 0 aromatic heterocycles. The Morgan fingerprint density at radius 2 is 1.58 bits per heavy atom. The van der Waals surface area contributed by atoms with Gasteiger partial charge < -0.3 is 4.90 Å². The summed E-state index contributed by atoms with van der Waals surface area (Å²) in [5, 5.41) is 0. The normalized spacial score (nSPS) is 11.0. The molecule has 1 radical (unpaired) electrons. The van der Waals surface area contributed by atoms with E-state index in [1.54, 1.807) is 0 Å². The molecule has 0 unspecified atom stereocenters.